The highest BCUT2D eigenvalue weighted by Crippen LogP contribution is 2.25. The molecule has 1 aliphatic rings. The van der Waals surface area contributed by atoms with E-state index in [1.807, 2.05) is 0 Å². The Morgan fingerprint density at radius 1 is 1.06 bits per heavy atom. The summed E-state index contributed by atoms with van der Waals surface area (Å²) in [5.74, 6) is -1.39. The molecule has 1 aliphatic heterocycles. The number of nitrogens with zero attached hydrogens (tertiary/aromatic N) is 1. The highest BCUT2D eigenvalue weighted by atomic mass is 32.2. The maximum absolute atomic E-state index is 13.0. The number of carbonyl (C=O) groups excluding carboxylic acids is 2. The number of nitrogens with one attached hydrogen (secondary N) is 2. The van der Waals surface area contributed by atoms with Gasteiger partial charge in [-0.2, -0.15) is 4.31 Å². The Labute approximate surface area is 180 Å². The molecule has 1 saturated heterocycles. The van der Waals surface area contributed by atoms with Gasteiger partial charge >= 0.3 is 0 Å². The van der Waals surface area contributed by atoms with E-state index in [4.69, 9.17) is 4.74 Å². The van der Waals surface area contributed by atoms with Crippen LogP contribution in [0.1, 0.15) is 26.2 Å². The number of sulfonamides is 1. The molecule has 1 fully saturated rings. The van der Waals surface area contributed by atoms with Crippen molar-refractivity contribution in [3.8, 4) is 5.75 Å². The molecular formula is C21H24FN3O5S. The summed E-state index contributed by atoms with van der Waals surface area (Å²) in [6, 6.07) is 12.1. The second-order valence-electron chi connectivity index (χ2n) is 7.13. The first-order valence-corrected chi connectivity index (χ1v) is 11.3. The molecule has 8 nitrogen and oxygen atoms in total. The van der Waals surface area contributed by atoms with Gasteiger partial charge in [0.15, 0.2) is 6.10 Å². The van der Waals surface area contributed by atoms with Crippen LogP contribution in [0.4, 0.5) is 4.39 Å². The molecule has 2 amide bonds. The third kappa shape index (κ3) is 5.59. The number of rotatable bonds is 6. The lowest BCUT2D eigenvalue weighted by atomic mass is 10.0. The van der Waals surface area contributed by atoms with Crippen LogP contribution in [0.2, 0.25) is 0 Å². The van der Waals surface area contributed by atoms with Crippen molar-refractivity contribution in [1.29, 1.82) is 0 Å². The van der Waals surface area contributed by atoms with Crippen LogP contribution in [0, 0.1) is 5.82 Å². The first-order valence-electron chi connectivity index (χ1n) is 9.88. The van der Waals surface area contributed by atoms with Crippen molar-refractivity contribution < 1.29 is 27.1 Å². The van der Waals surface area contributed by atoms with Crippen LogP contribution >= 0.6 is 0 Å². The van der Waals surface area contributed by atoms with Crippen LogP contribution in [0.5, 0.6) is 5.75 Å². The Balaban J connectivity index is 1.61. The Morgan fingerprint density at radius 3 is 2.42 bits per heavy atom. The average Bonchev–Trinajstić information content (AvgIpc) is 2.79. The normalized spacial score (nSPS) is 18.1. The molecule has 10 heteroatoms. The van der Waals surface area contributed by atoms with E-state index in [1.54, 1.807) is 18.2 Å². The number of hydrazine groups is 1. The third-order valence-electron chi connectivity index (χ3n) is 4.91. The molecule has 0 radical (unpaired) electrons. The van der Waals surface area contributed by atoms with Gasteiger partial charge in [-0.05, 0) is 56.2 Å². The van der Waals surface area contributed by atoms with Crippen LogP contribution < -0.4 is 15.6 Å². The SMILES string of the molecule is CC(Oc1ccc(F)cc1)C(=O)NNC(=O)C1CCCCN1S(=O)(=O)c1ccccc1. The van der Waals surface area contributed by atoms with Crippen molar-refractivity contribution in [2.75, 3.05) is 6.54 Å². The minimum atomic E-state index is -3.85. The third-order valence-corrected chi connectivity index (χ3v) is 6.83. The summed E-state index contributed by atoms with van der Waals surface area (Å²) in [5.41, 5.74) is 4.56. The van der Waals surface area contributed by atoms with Gasteiger partial charge in [0.05, 0.1) is 4.90 Å². The monoisotopic (exact) mass is 449 g/mol. The Hall–Kier alpha value is -2.98. The predicted molar refractivity (Wildman–Crippen MR) is 111 cm³/mol. The van der Waals surface area contributed by atoms with E-state index in [0.29, 0.717) is 25.0 Å². The van der Waals surface area contributed by atoms with Crippen molar-refractivity contribution in [1.82, 2.24) is 15.2 Å². The molecule has 2 N–H and O–H groups in total. The molecule has 1 heterocycles. The Kier molecular flexibility index (Phi) is 7.24. The number of hydrogen-bond donors (Lipinski definition) is 2. The minimum absolute atomic E-state index is 0.111. The van der Waals surface area contributed by atoms with Crippen LogP contribution in [-0.2, 0) is 19.6 Å². The number of piperidine rings is 1. The van der Waals surface area contributed by atoms with E-state index in [-0.39, 0.29) is 11.4 Å². The first kappa shape index (κ1) is 22.7. The number of ether oxygens (including phenoxy) is 1. The smallest absolute Gasteiger partial charge is 0.279 e. The highest BCUT2D eigenvalue weighted by molar-refractivity contribution is 7.89. The van der Waals surface area contributed by atoms with Gasteiger partial charge in [0.25, 0.3) is 11.8 Å². The standard InChI is InChI=1S/C21H24FN3O5S/c1-15(30-17-12-10-16(22)11-13-17)20(26)23-24-21(27)19-9-5-6-14-25(19)31(28,29)18-7-3-2-4-8-18/h2-4,7-8,10-13,15,19H,5-6,9,14H2,1H3,(H,23,26)(H,24,27). The summed E-state index contributed by atoms with van der Waals surface area (Å²) in [4.78, 5) is 25.1. The molecule has 31 heavy (non-hydrogen) atoms. The molecule has 0 aliphatic carbocycles. The van der Waals surface area contributed by atoms with Gasteiger partial charge in [-0.1, -0.05) is 24.6 Å². The number of hydrogen-bond acceptors (Lipinski definition) is 5. The van der Waals surface area contributed by atoms with E-state index in [2.05, 4.69) is 10.9 Å². The van der Waals surface area contributed by atoms with Gasteiger partial charge in [0.1, 0.15) is 17.6 Å². The van der Waals surface area contributed by atoms with Crippen molar-refractivity contribution >= 4 is 21.8 Å². The summed E-state index contributed by atoms with van der Waals surface area (Å²) in [7, 11) is -3.85. The van der Waals surface area contributed by atoms with Crippen LogP contribution in [0.3, 0.4) is 0 Å². The van der Waals surface area contributed by atoms with Crippen LogP contribution in [-0.4, -0.2) is 43.2 Å². The van der Waals surface area contributed by atoms with E-state index in [1.165, 1.54) is 47.6 Å². The predicted octanol–water partition coefficient (Wildman–Crippen LogP) is 1.98. The fourth-order valence-corrected chi connectivity index (χ4v) is 4.94. The lowest BCUT2D eigenvalue weighted by Gasteiger charge is -2.33. The molecule has 2 unspecified atom stereocenters. The van der Waals surface area contributed by atoms with Crippen molar-refractivity contribution in [3.05, 3.63) is 60.4 Å². The highest BCUT2D eigenvalue weighted by Gasteiger charge is 2.37. The average molecular weight is 450 g/mol. The maximum atomic E-state index is 13.0. The fourth-order valence-electron chi connectivity index (χ4n) is 3.26. The maximum Gasteiger partial charge on any atom is 0.279 e. The Bertz CT molecular complexity index is 1020. The minimum Gasteiger partial charge on any atom is -0.481 e. The first-order chi connectivity index (χ1) is 14.8. The topological polar surface area (TPSA) is 105 Å². The second kappa shape index (κ2) is 9.88. The lowest BCUT2D eigenvalue weighted by Crippen LogP contribution is -2.56. The molecule has 2 aromatic rings. The summed E-state index contributed by atoms with van der Waals surface area (Å²) < 4.78 is 45.5. The van der Waals surface area contributed by atoms with E-state index >= 15 is 0 Å². The molecule has 0 aromatic heterocycles. The van der Waals surface area contributed by atoms with Crippen molar-refractivity contribution in [2.45, 2.75) is 43.2 Å². The van der Waals surface area contributed by atoms with Crippen molar-refractivity contribution in [2.24, 2.45) is 0 Å². The van der Waals surface area contributed by atoms with Crippen LogP contribution in [0.25, 0.3) is 0 Å². The molecule has 2 atom stereocenters. The number of carbonyl (C=O) groups is 2. The summed E-state index contributed by atoms with van der Waals surface area (Å²) in [6.45, 7) is 1.69. The van der Waals surface area contributed by atoms with Gasteiger partial charge in [0.2, 0.25) is 10.0 Å². The zero-order valence-electron chi connectivity index (χ0n) is 17.0. The number of amides is 2. The molecule has 0 bridgehead atoms. The molecule has 2 aromatic carbocycles. The Morgan fingerprint density at radius 2 is 1.74 bits per heavy atom. The number of benzene rings is 2. The molecule has 0 saturated carbocycles. The molecule has 0 spiro atoms. The molecule has 3 rings (SSSR count). The van der Waals surface area contributed by atoms with Crippen molar-refractivity contribution in [3.63, 3.8) is 0 Å². The van der Waals surface area contributed by atoms with Gasteiger partial charge in [0, 0.05) is 6.54 Å². The quantitative estimate of drug-likeness (QED) is 0.657. The second-order valence-corrected chi connectivity index (χ2v) is 9.02. The van der Waals surface area contributed by atoms with E-state index < -0.39 is 39.8 Å². The van der Waals surface area contributed by atoms with Gasteiger partial charge in [-0.3, -0.25) is 20.4 Å². The largest absolute Gasteiger partial charge is 0.481 e. The fraction of sp³-hybridized carbons (Fsp3) is 0.333. The van der Waals surface area contributed by atoms with E-state index in [0.717, 1.165) is 0 Å². The zero-order valence-corrected chi connectivity index (χ0v) is 17.8. The lowest BCUT2D eigenvalue weighted by molar-refractivity contribution is -0.134. The van der Waals surface area contributed by atoms with Gasteiger partial charge in [-0.25, -0.2) is 12.8 Å². The van der Waals surface area contributed by atoms with Gasteiger partial charge < -0.3 is 4.74 Å². The van der Waals surface area contributed by atoms with E-state index in [9.17, 15) is 22.4 Å². The molecular weight excluding hydrogens is 425 g/mol. The number of halogens is 1. The molecule has 166 valence electrons. The zero-order chi connectivity index (χ0) is 22.4. The van der Waals surface area contributed by atoms with Crippen LogP contribution in [0.15, 0.2) is 59.5 Å². The summed E-state index contributed by atoms with van der Waals surface area (Å²) in [5, 5.41) is 0. The summed E-state index contributed by atoms with van der Waals surface area (Å²) in [6.07, 6.45) is 0.707. The summed E-state index contributed by atoms with van der Waals surface area (Å²) >= 11 is 0. The van der Waals surface area contributed by atoms with Gasteiger partial charge in [-0.15, -0.1) is 0 Å².